The molecule has 1 aromatic carbocycles. The molecule has 0 aliphatic carbocycles. The van der Waals surface area contributed by atoms with E-state index in [4.69, 9.17) is 15.6 Å². The van der Waals surface area contributed by atoms with Crippen LogP contribution in [-0.2, 0) is 16.0 Å². The molecule has 0 aliphatic rings. The third-order valence-electron chi connectivity index (χ3n) is 2.08. The van der Waals surface area contributed by atoms with Crippen LogP contribution in [-0.4, -0.2) is 28.8 Å². The van der Waals surface area contributed by atoms with Crippen molar-refractivity contribution in [1.29, 1.82) is 0 Å². The summed E-state index contributed by atoms with van der Waals surface area (Å²) in [6.07, 6.45) is 0.257. The van der Waals surface area contributed by atoms with E-state index in [2.05, 4.69) is 0 Å². The van der Waals surface area contributed by atoms with E-state index in [1.54, 1.807) is 13.0 Å². The molecule has 1 atom stereocenters. The predicted molar refractivity (Wildman–Crippen MR) is 58.1 cm³/mol. The maximum atomic E-state index is 11.2. The monoisotopic (exact) mass is 225 g/mol. The second-order valence-corrected chi connectivity index (χ2v) is 3.39. The van der Waals surface area contributed by atoms with Crippen molar-refractivity contribution < 1.29 is 19.7 Å². The lowest BCUT2D eigenvalue weighted by atomic mass is 10.1. The van der Waals surface area contributed by atoms with Crippen molar-refractivity contribution in [3.05, 3.63) is 23.8 Å². The fourth-order valence-electron chi connectivity index (χ4n) is 1.28. The van der Waals surface area contributed by atoms with Crippen molar-refractivity contribution in [2.45, 2.75) is 19.4 Å². The van der Waals surface area contributed by atoms with Crippen LogP contribution in [0.5, 0.6) is 11.5 Å². The van der Waals surface area contributed by atoms with Crippen LogP contribution in [0.3, 0.4) is 0 Å². The average Bonchev–Trinajstić information content (AvgIpc) is 2.24. The van der Waals surface area contributed by atoms with Crippen LogP contribution in [0.2, 0.25) is 0 Å². The first-order valence-electron chi connectivity index (χ1n) is 4.97. The first kappa shape index (κ1) is 12.3. The Morgan fingerprint density at radius 3 is 2.69 bits per heavy atom. The number of ether oxygens (including phenoxy) is 1. The Kier molecular flexibility index (Phi) is 4.13. The number of carbonyl (C=O) groups excluding carboxylic acids is 1. The Bertz CT molecular complexity index is 378. The van der Waals surface area contributed by atoms with Crippen LogP contribution in [0.15, 0.2) is 18.2 Å². The van der Waals surface area contributed by atoms with Gasteiger partial charge in [0.25, 0.3) is 0 Å². The van der Waals surface area contributed by atoms with Gasteiger partial charge in [-0.25, -0.2) is 0 Å². The van der Waals surface area contributed by atoms with Crippen molar-refractivity contribution in [2.75, 3.05) is 6.61 Å². The highest BCUT2D eigenvalue weighted by Gasteiger charge is 2.15. The summed E-state index contributed by atoms with van der Waals surface area (Å²) in [6.45, 7) is 1.99. The SMILES string of the molecule is CCOC(=O)[C@@H](N)Cc1ccc(O)c(O)c1. The molecule has 0 bridgehead atoms. The third kappa shape index (κ3) is 3.13. The highest BCUT2D eigenvalue weighted by atomic mass is 16.5. The molecule has 0 spiro atoms. The normalized spacial score (nSPS) is 12.1. The summed E-state index contributed by atoms with van der Waals surface area (Å²) in [5.74, 6) is -0.905. The molecule has 1 aromatic rings. The van der Waals surface area contributed by atoms with Gasteiger partial charge in [-0.2, -0.15) is 0 Å². The molecule has 88 valence electrons. The third-order valence-corrected chi connectivity index (χ3v) is 2.08. The zero-order valence-electron chi connectivity index (χ0n) is 9.01. The summed E-state index contributed by atoms with van der Waals surface area (Å²) in [5.41, 5.74) is 6.27. The number of phenolic OH excluding ortho intramolecular Hbond substituents is 2. The van der Waals surface area contributed by atoms with Gasteiger partial charge in [0.2, 0.25) is 0 Å². The first-order chi connectivity index (χ1) is 7.54. The quantitative estimate of drug-likeness (QED) is 0.513. The van der Waals surface area contributed by atoms with Gasteiger partial charge in [-0.05, 0) is 31.0 Å². The van der Waals surface area contributed by atoms with Gasteiger partial charge in [-0.1, -0.05) is 6.07 Å². The summed E-state index contributed by atoms with van der Waals surface area (Å²) in [6, 6.07) is 3.55. The molecule has 0 aliphatic heterocycles. The summed E-state index contributed by atoms with van der Waals surface area (Å²) in [5, 5.41) is 18.3. The maximum absolute atomic E-state index is 11.2. The zero-order valence-corrected chi connectivity index (χ0v) is 9.01. The Morgan fingerprint density at radius 2 is 2.12 bits per heavy atom. The largest absolute Gasteiger partial charge is 0.504 e. The van der Waals surface area contributed by atoms with Crippen LogP contribution in [0.1, 0.15) is 12.5 Å². The Balaban J connectivity index is 2.66. The van der Waals surface area contributed by atoms with Gasteiger partial charge in [-0.3, -0.25) is 4.79 Å². The molecular formula is C11H15NO4. The molecule has 0 aromatic heterocycles. The minimum atomic E-state index is -0.760. The summed E-state index contributed by atoms with van der Waals surface area (Å²) < 4.78 is 4.75. The molecule has 4 N–H and O–H groups in total. The lowest BCUT2D eigenvalue weighted by Gasteiger charge is -2.10. The van der Waals surface area contributed by atoms with E-state index in [9.17, 15) is 9.90 Å². The van der Waals surface area contributed by atoms with E-state index in [1.165, 1.54) is 12.1 Å². The number of nitrogens with two attached hydrogens (primary N) is 1. The fraction of sp³-hybridized carbons (Fsp3) is 0.364. The Morgan fingerprint density at radius 1 is 1.44 bits per heavy atom. The molecule has 0 heterocycles. The lowest BCUT2D eigenvalue weighted by molar-refractivity contribution is -0.144. The molecule has 5 heteroatoms. The van der Waals surface area contributed by atoms with Crippen molar-refractivity contribution >= 4 is 5.97 Å². The van der Waals surface area contributed by atoms with Gasteiger partial charge in [0.15, 0.2) is 11.5 Å². The molecule has 0 saturated heterocycles. The van der Waals surface area contributed by atoms with Gasteiger partial charge < -0.3 is 20.7 Å². The summed E-state index contributed by atoms with van der Waals surface area (Å²) in [4.78, 5) is 11.2. The number of esters is 1. The molecule has 1 rings (SSSR count). The highest BCUT2D eigenvalue weighted by molar-refractivity contribution is 5.75. The van der Waals surface area contributed by atoms with Gasteiger partial charge >= 0.3 is 5.97 Å². The van der Waals surface area contributed by atoms with Crippen LogP contribution < -0.4 is 5.73 Å². The van der Waals surface area contributed by atoms with E-state index in [0.717, 1.165) is 0 Å². The minimum absolute atomic E-state index is 0.201. The first-order valence-corrected chi connectivity index (χ1v) is 4.97. The Hall–Kier alpha value is -1.75. The van der Waals surface area contributed by atoms with E-state index in [0.29, 0.717) is 5.56 Å². The van der Waals surface area contributed by atoms with Crippen LogP contribution in [0.25, 0.3) is 0 Å². The second kappa shape index (κ2) is 5.37. The average molecular weight is 225 g/mol. The van der Waals surface area contributed by atoms with E-state index < -0.39 is 12.0 Å². The number of carbonyl (C=O) groups is 1. The number of hydrogen-bond acceptors (Lipinski definition) is 5. The molecule has 0 radical (unpaired) electrons. The topological polar surface area (TPSA) is 92.8 Å². The maximum Gasteiger partial charge on any atom is 0.323 e. The van der Waals surface area contributed by atoms with Gasteiger partial charge in [0.1, 0.15) is 6.04 Å². The summed E-state index contributed by atoms with van der Waals surface area (Å²) in [7, 11) is 0. The van der Waals surface area contributed by atoms with Crippen molar-refractivity contribution in [1.82, 2.24) is 0 Å². The molecule has 0 fully saturated rings. The number of phenols is 2. The number of rotatable bonds is 4. The van der Waals surface area contributed by atoms with Crippen molar-refractivity contribution in [2.24, 2.45) is 5.73 Å². The number of benzene rings is 1. The van der Waals surface area contributed by atoms with Gasteiger partial charge in [0, 0.05) is 0 Å². The van der Waals surface area contributed by atoms with E-state index >= 15 is 0 Å². The molecule has 0 saturated carbocycles. The molecule has 16 heavy (non-hydrogen) atoms. The van der Waals surface area contributed by atoms with Gasteiger partial charge in [0.05, 0.1) is 6.61 Å². The lowest BCUT2D eigenvalue weighted by Crippen LogP contribution is -2.34. The number of aromatic hydroxyl groups is 2. The Labute approximate surface area is 93.5 Å². The summed E-state index contributed by atoms with van der Waals surface area (Å²) >= 11 is 0. The van der Waals surface area contributed by atoms with E-state index in [1.807, 2.05) is 0 Å². The molecular weight excluding hydrogens is 210 g/mol. The number of hydrogen-bond donors (Lipinski definition) is 3. The fourth-order valence-corrected chi connectivity index (χ4v) is 1.28. The zero-order chi connectivity index (χ0) is 12.1. The molecule has 0 unspecified atom stereocenters. The van der Waals surface area contributed by atoms with Crippen molar-refractivity contribution in [3.8, 4) is 11.5 Å². The predicted octanol–water partition coefficient (Wildman–Crippen LogP) is 0.531. The smallest absolute Gasteiger partial charge is 0.323 e. The van der Waals surface area contributed by atoms with E-state index in [-0.39, 0.29) is 24.5 Å². The standard InChI is InChI=1S/C11H15NO4/c1-2-16-11(15)8(12)5-7-3-4-9(13)10(14)6-7/h3-4,6,8,13-14H,2,5,12H2,1H3/t8-/m0/s1. The molecule has 0 amide bonds. The van der Waals surface area contributed by atoms with Gasteiger partial charge in [-0.15, -0.1) is 0 Å². The van der Waals surface area contributed by atoms with Crippen LogP contribution in [0, 0.1) is 0 Å². The minimum Gasteiger partial charge on any atom is -0.504 e. The van der Waals surface area contributed by atoms with Crippen LogP contribution in [0.4, 0.5) is 0 Å². The van der Waals surface area contributed by atoms with Crippen molar-refractivity contribution in [3.63, 3.8) is 0 Å². The molecule has 5 nitrogen and oxygen atoms in total. The van der Waals surface area contributed by atoms with Crippen LogP contribution >= 0.6 is 0 Å². The second-order valence-electron chi connectivity index (χ2n) is 3.39. The highest BCUT2D eigenvalue weighted by Crippen LogP contribution is 2.25.